The Balaban J connectivity index is 2.11. The first kappa shape index (κ1) is 13.2. The number of ketones is 2. The number of carbonyl (C=O) groups is 2. The van der Waals surface area contributed by atoms with Crippen molar-refractivity contribution in [2.24, 2.45) is 0 Å². The summed E-state index contributed by atoms with van der Waals surface area (Å²) in [5, 5.41) is 0.988. The maximum Gasteiger partial charge on any atom is 0.189 e. The summed E-state index contributed by atoms with van der Waals surface area (Å²) < 4.78 is 0. The Morgan fingerprint density at radius 1 is 0.944 bits per heavy atom. The van der Waals surface area contributed by atoms with Crippen molar-refractivity contribution in [1.82, 2.24) is 0 Å². The Labute approximate surface area is 115 Å². The molecule has 1 aliphatic carbocycles. The lowest BCUT2D eigenvalue weighted by atomic mass is 9.87. The number of hydrogen-bond acceptors (Lipinski definition) is 2. The Morgan fingerprint density at radius 3 is 2.39 bits per heavy atom. The maximum absolute atomic E-state index is 12.2. The lowest BCUT2D eigenvalue weighted by molar-refractivity contribution is 0.0981. The zero-order valence-corrected chi connectivity index (χ0v) is 11.7. The number of hydrogen-bond donors (Lipinski definition) is 0. The van der Waals surface area contributed by atoms with Crippen molar-refractivity contribution in [3.8, 4) is 0 Å². The SMILES string of the molecule is O=C1C=C(CCCCCBr)C(=O)c2ccccc21. The second kappa shape index (κ2) is 6.10. The van der Waals surface area contributed by atoms with Gasteiger partial charge in [-0.15, -0.1) is 0 Å². The van der Waals surface area contributed by atoms with Crippen LogP contribution in [0.3, 0.4) is 0 Å². The molecule has 0 heterocycles. The van der Waals surface area contributed by atoms with E-state index in [9.17, 15) is 9.59 Å². The summed E-state index contributed by atoms with van der Waals surface area (Å²) >= 11 is 3.38. The number of alkyl halides is 1. The van der Waals surface area contributed by atoms with Crippen LogP contribution in [0.15, 0.2) is 35.9 Å². The molecule has 0 fully saturated rings. The van der Waals surface area contributed by atoms with Crippen LogP contribution >= 0.6 is 15.9 Å². The highest BCUT2D eigenvalue weighted by Crippen LogP contribution is 2.24. The topological polar surface area (TPSA) is 34.1 Å². The Bertz CT molecular complexity index is 503. The van der Waals surface area contributed by atoms with Crippen LogP contribution in [0.5, 0.6) is 0 Å². The number of halogens is 1. The van der Waals surface area contributed by atoms with Gasteiger partial charge in [-0.05, 0) is 25.3 Å². The van der Waals surface area contributed by atoms with E-state index in [2.05, 4.69) is 15.9 Å². The van der Waals surface area contributed by atoms with Gasteiger partial charge in [-0.3, -0.25) is 9.59 Å². The highest BCUT2D eigenvalue weighted by Gasteiger charge is 2.24. The van der Waals surface area contributed by atoms with Crippen LogP contribution < -0.4 is 0 Å². The van der Waals surface area contributed by atoms with Gasteiger partial charge < -0.3 is 0 Å². The Hall–Kier alpha value is -1.22. The molecule has 0 unspecified atom stereocenters. The number of allylic oxidation sites excluding steroid dienone is 2. The van der Waals surface area contributed by atoms with E-state index in [0.717, 1.165) is 24.6 Å². The predicted octanol–water partition coefficient (Wildman–Crippen LogP) is 3.95. The minimum absolute atomic E-state index is 0.0176. The highest BCUT2D eigenvalue weighted by atomic mass is 79.9. The monoisotopic (exact) mass is 306 g/mol. The van der Waals surface area contributed by atoms with Gasteiger partial charge >= 0.3 is 0 Å². The lowest BCUT2D eigenvalue weighted by Crippen LogP contribution is -2.16. The summed E-state index contributed by atoms with van der Waals surface area (Å²) in [6, 6.07) is 7.05. The number of fused-ring (bicyclic) bond motifs is 1. The third kappa shape index (κ3) is 2.78. The van der Waals surface area contributed by atoms with Gasteiger partial charge in [-0.1, -0.05) is 46.6 Å². The summed E-state index contributed by atoms with van der Waals surface area (Å²) in [5.74, 6) is -0.0234. The molecule has 18 heavy (non-hydrogen) atoms. The molecule has 1 aliphatic rings. The first-order valence-electron chi connectivity index (χ1n) is 6.18. The number of benzene rings is 1. The smallest absolute Gasteiger partial charge is 0.189 e. The number of carbonyl (C=O) groups excluding carboxylic acids is 2. The molecule has 0 aromatic heterocycles. The second-order valence-corrected chi connectivity index (χ2v) is 5.20. The zero-order chi connectivity index (χ0) is 13.0. The third-order valence-electron chi connectivity index (χ3n) is 3.11. The molecule has 0 N–H and O–H groups in total. The summed E-state index contributed by atoms with van der Waals surface area (Å²) in [5.41, 5.74) is 1.75. The van der Waals surface area contributed by atoms with E-state index in [-0.39, 0.29) is 11.6 Å². The van der Waals surface area contributed by atoms with Crippen LogP contribution in [0.4, 0.5) is 0 Å². The molecule has 0 saturated carbocycles. The number of Topliss-reactive ketones (excluding diaryl/α,β-unsaturated/α-hetero) is 1. The maximum atomic E-state index is 12.2. The summed E-state index contributed by atoms with van der Waals surface area (Å²) in [6.45, 7) is 0. The molecule has 0 amide bonds. The predicted molar refractivity (Wildman–Crippen MR) is 75.4 cm³/mol. The first-order chi connectivity index (χ1) is 8.74. The quantitative estimate of drug-likeness (QED) is 0.610. The average molecular weight is 307 g/mol. The van der Waals surface area contributed by atoms with Gasteiger partial charge in [-0.25, -0.2) is 0 Å². The van der Waals surface area contributed by atoms with Gasteiger partial charge in [-0.2, -0.15) is 0 Å². The van der Waals surface area contributed by atoms with Gasteiger partial charge in [0.05, 0.1) is 0 Å². The number of unbranched alkanes of at least 4 members (excludes halogenated alkanes) is 2. The molecule has 2 rings (SSSR count). The molecule has 0 atom stereocenters. The summed E-state index contributed by atoms with van der Waals surface area (Å²) in [7, 11) is 0. The van der Waals surface area contributed by atoms with Crippen LogP contribution in [0.2, 0.25) is 0 Å². The van der Waals surface area contributed by atoms with E-state index in [1.54, 1.807) is 24.3 Å². The zero-order valence-electron chi connectivity index (χ0n) is 10.1. The van der Waals surface area contributed by atoms with Gasteiger partial charge in [0.2, 0.25) is 0 Å². The van der Waals surface area contributed by atoms with Crippen molar-refractivity contribution in [3.63, 3.8) is 0 Å². The van der Waals surface area contributed by atoms with Crippen molar-refractivity contribution in [1.29, 1.82) is 0 Å². The highest BCUT2D eigenvalue weighted by molar-refractivity contribution is 9.09. The minimum Gasteiger partial charge on any atom is -0.289 e. The largest absolute Gasteiger partial charge is 0.289 e. The van der Waals surface area contributed by atoms with E-state index < -0.39 is 0 Å². The lowest BCUT2D eigenvalue weighted by Gasteiger charge is -2.14. The summed E-state index contributed by atoms with van der Waals surface area (Å²) in [4.78, 5) is 24.1. The molecule has 0 spiro atoms. The molecular weight excluding hydrogens is 292 g/mol. The summed E-state index contributed by atoms with van der Waals surface area (Å²) in [6.07, 6.45) is 5.35. The third-order valence-corrected chi connectivity index (χ3v) is 3.67. The molecule has 0 saturated heterocycles. The Kier molecular flexibility index (Phi) is 4.48. The minimum atomic E-state index is -0.0410. The molecule has 2 nitrogen and oxygen atoms in total. The van der Waals surface area contributed by atoms with E-state index in [1.165, 1.54) is 6.08 Å². The van der Waals surface area contributed by atoms with Crippen molar-refractivity contribution in [3.05, 3.63) is 47.0 Å². The van der Waals surface area contributed by atoms with Crippen molar-refractivity contribution < 1.29 is 9.59 Å². The fourth-order valence-electron chi connectivity index (χ4n) is 2.14. The van der Waals surface area contributed by atoms with Crippen LogP contribution in [0, 0.1) is 0 Å². The molecule has 0 bridgehead atoms. The number of rotatable bonds is 5. The normalized spacial score (nSPS) is 14.4. The van der Waals surface area contributed by atoms with Crippen LogP contribution in [-0.2, 0) is 0 Å². The van der Waals surface area contributed by atoms with E-state index in [1.807, 2.05) is 0 Å². The van der Waals surface area contributed by atoms with Crippen LogP contribution in [-0.4, -0.2) is 16.9 Å². The van der Waals surface area contributed by atoms with Gasteiger partial charge in [0.25, 0.3) is 0 Å². The standard InChI is InChI=1S/C15H15BrO2/c16-9-5-1-2-6-11-10-14(17)12-7-3-4-8-13(12)15(11)18/h3-4,7-8,10H,1-2,5-6,9H2. The van der Waals surface area contributed by atoms with E-state index in [4.69, 9.17) is 0 Å². The molecule has 1 aromatic rings. The van der Waals surface area contributed by atoms with Gasteiger partial charge in [0.15, 0.2) is 11.6 Å². The fourth-order valence-corrected chi connectivity index (χ4v) is 2.54. The van der Waals surface area contributed by atoms with E-state index >= 15 is 0 Å². The Morgan fingerprint density at radius 2 is 1.67 bits per heavy atom. The van der Waals surface area contributed by atoms with Gasteiger partial charge in [0, 0.05) is 22.0 Å². The molecule has 0 aliphatic heterocycles. The first-order valence-corrected chi connectivity index (χ1v) is 7.31. The molecule has 3 heteroatoms. The van der Waals surface area contributed by atoms with Crippen LogP contribution in [0.25, 0.3) is 0 Å². The van der Waals surface area contributed by atoms with E-state index in [0.29, 0.717) is 23.1 Å². The molecular formula is C15H15BrO2. The molecule has 94 valence electrons. The van der Waals surface area contributed by atoms with Crippen molar-refractivity contribution in [2.75, 3.05) is 5.33 Å². The molecule has 1 aromatic carbocycles. The molecule has 0 radical (unpaired) electrons. The van der Waals surface area contributed by atoms with Crippen molar-refractivity contribution in [2.45, 2.75) is 25.7 Å². The van der Waals surface area contributed by atoms with Gasteiger partial charge in [0.1, 0.15) is 0 Å². The van der Waals surface area contributed by atoms with Crippen LogP contribution in [0.1, 0.15) is 46.4 Å². The van der Waals surface area contributed by atoms with Crippen molar-refractivity contribution >= 4 is 27.5 Å². The fraction of sp³-hybridized carbons (Fsp3) is 0.333. The average Bonchev–Trinajstić information content (AvgIpc) is 2.40. The second-order valence-electron chi connectivity index (χ2n) is 4.41.